The molecule has 1 saturated heterocycles. The van der Waals surface area contributed by atoms with Crippen LogP contribution in [0.5, 0.6) is 5.75 Å². The first-order chi connectivity index (χ1) is 18.5. The van der Waals surface area contributed by atoms with Gasteiger partial charge in [0.1, 0.15) is 59.1 Å². The average molecular weight is 521 g/mol. The summed E-state index contributed by atoms with van der Waals surface area (Å²) in [6.07, 6.45) is 3.70. The second kappa shape index (κ2) is 12.3. The van der Waals surface area contributed by atoms with Gasteiger partial charge in [-0.25, -0.2) is 19.6 Å². The van der Waals surface area contributed by atoms with Gasteiger partial charge in [0.25, 0.3) is 0 Å². The van der Waals surface area contributed by atoms with Gasteiger partial charge >= 0.3 is 6.03 Å². The number of nitrogens with one attached hydrogen (secondary N) is 1. The lowest BCUT2D eigenvalue weighted by molar-refractivity contribution is 0.111. The number of nitrogens with zero attached hydrogens (tertiary/aromatic N) is 5. The van der Waals surface area contributed by atoms with Crippen LogP contribution in [0.4, 0.5) is 16.4 Å². The molecular weight excluding hydrogens is 492 g/mol. The van der Waals surface area contributed by atoms with Crippen LogP contribution in [0.1, 0.15) is 40.0 Å². The summed E-state index contributed by atoms with van der Waals surface area (Å²) in [5.41, 5.74) is 2.33. The molecule has 0 saturated carbocycles. The number of urea groups is 1. The lowest BCUT2D eigenvalue weighted by atomic mass is 10.0. The summed E-state index contributed by atoms with van der Waals surface area (Å²) < 4.78 is 15.9. The standard InChI is InChI=1S/C26H28N6O6/c1-36-8-9-38-23-11-24(28-13-19(23)12-27)30-26(35)32-6-3-4-17-10-18(20(15-33)29-25(17)32)14-31-7-5-22(37-2)21(31)16-34/h10-11,13,15,22H,3-9,14H2,1-2H3,(H,28,30,35). The zero-order valence-electron chi connectivity index (χ0n) is 21.2. The largest absolute Gasteiger partial charge is 0.490 e. The minimum Gasteiger partial charge on any atom is -0.490 e. The van der Waals surface area contributed by atoms with Gasteiger partial charge in [0.2, 0.25) is 0 Å². The molecule has 0 spiro atoms. The quantitative estimate of drug-likeness (QED) is 0.296. The Morgan fingerprint density at radius 1 is 1.29 bits per heavy atom. The van der Waals surface area contributed by atoms with E-state index in [4.69, 9.17) is 14.2 Å². The van der Waals surface area contributed by atoms with Crippen molar-refractivity contribution in [2.75, 3.05) is 50.7 Å². The first-order valence-corrected chi connectivity index (χ1v) is 12.1. The number of nitriles is 1. The van der Waals surface area contributed by atoms with Crippen LogP contribution < -0.4 is 15.0 Å². The van der Waals surface area contributed by atoms with Crippen LogP contribution in [-0.2, 0) is 27.2 Å². The summed E-state index contributed by atoms with van der Waals surface area (Å²) in [5, 5.41) is 12.0. The molecule has 1 fully saturated rings. The van der Waals surface area contributed by atoms with Crippen molar-refractivity contribution in [3.63, 3.8) is 0 Å². The molecule has 1 unspecified atom stereocenters. The number of aldehydes is 1. The summed E-state index contributed by atoms with van der Waals surface area (Å²) in [5.74, 6) is 2.84. The number of aromatic nitrogens is 2. The number of carbonyl (C=O) groups is 2. The minimum absolute atomic E-state index is 0.194. The predicted octanol–water partition coefficient (Wildman–Crippen LogP) is 2.11. The van der Waals surface area contributed by atoms with E-state index in [1.807, 2.05) is 23.0 Å². The fraction of sp³-hybridized carbons (Fsp3) is 0.423. The molecule has 198 valence electrons. The molecule has 4 heterocycles. The smallest absolute Gasteiger partial charge is 0.328 e. The monoisotopic (exact) mass is 520 g/mol. The molecule has 1 N–H and O–H groups in total. The van der Waals surface area contributed by atoms with Gasteiger partial charge in [-0.2, -0.15) is 5.26 Å². The van der Waals surface area contributed by atoms with Crippen molar-refractivity contribution in [1.82, 2.24) is 14.9 Å². The second-order valence-electron chi connectivity index (χ2n) is 8.76. The van der Waals surface area contributed by atoms with Crippen molar-refractivity contribution in [1.29, 1.82) is 5.26 Å². The van der Waals surface area contributed by atoms with Gasteiger partial charge in [0.05, 0.1) is 12.8 Å². The Labute approximate surface area is 219 Å². The maximum Gasteiger partial charge on any atom is 0.328 e. The van der Waals surface area contributed by atoms with Crippen LogP contribution in [0.25, 0.3) is 0 Å². The van der Waals surface area contributed by atoms with Crippen molar-refractivity contribution in [2.45, 2.75) is 31.9 Å². The van der Waals surface area contributed by atoms with E-state index < -0.39 is 6.03 Å². The van der Waals surface area contributed by atoms with Crippen molar-refractivity contribution in [2.24, 2.45) is 0 Å². The molecule has 2 aliphatic rings. The topological polar surface area (TPSA) is 147 Å². The Kier molecular flexibility index (Phi) is 8.66. The number of rotatable bonds is 9. The molecule has 0 aliphatic carbocycles. The molecule has 2 aromatic heterocycles. The predicted molar refractivity (Wildman–Crippen MR) is 136 cm³/mol. The molecule has 12 heteroatoms. The number of aryl methyl sites for hydroxylation is 1. The van der Waals surface area contributed by atoms with Gasteiger partial charge in [-0.1, -0.05) is 0 Å². The summed E-state index contributed by atoms with van der Waals surface area (Å²) in [6, 6.07) is 4.88. The zero-order valence-corrected chi connectivity index (χ0v) is 21.2. The van der Waals surface area contributed by atoms with Gasteiger partial charge < -0.3 is 19.1 Å². The number of carbonyl (C=O) groups excluding carboxylic acids is 3. The highest BCUT2D eigenvalue weighted by atomic mass is 16.5. The van der Waals surface area contributed by atoms with E-state index in [0.717, 1.165) is 5.56 Å². The molecule has 2 amide bonds. The van der Waals surface area contributed by atoms with Crippen LogP contribution in [0.3, 0.4) is 0 Å². The van der Waals surface area contributed by atoms with E-state index in [1.54, 1.807) is 14.2 Å². The highest BCUT2D eigenvalue weighted by molar-refractivity contribution is 6.01. The normalized spacial score (nSPS) is 16.4. The third-order valence-electron chi connectivity index (χ3n) is 6.45. The van der Waals surface area contributed by atoms with Gasteiger partial charge in [-0.05, 0) is 30.9 Å². The van der Waals surface area contributed by atoms with Crippen molar-refractivity contribution < 1.29 is 28.6 Å². The molecule has 2 aliphatic heterocycles. The number of amides is 2. The molecule has 1 atom stereocenters. The first kappa shape index (κ1) is 26.8. The summed E-state index contributed by atoms with van der Waals surface area (Å²) in [6.45, 7) is 1.88. The highest BCUT2D eigenvalue weighted by Gasteiger charge is 2.31. The number of hydrogen-bond acceptors (Lipinski definition) is 10. The lowest BCUT2D eigenvalue weighted by Gasteiger charge is -2.29. The number of fused-ring (bicyclic) bond motifs is 1. The molecule has 12 nitrogen and oxygen atoms in total. The molecule has 2 aromatic rings. The number of anilines is 2. The molecule has 0 aromatic carbocycles. The Balaban J connectivity index is 1.55. The minimum atomic E-state index is -0.475. The molecule has 0 radical (unpaired) electrons. The number of hydrogen-bond donors (Lipinski definition) is 1. The number of likely N-dealkylation sites (tertiary alicyclic amines) is 1. The SMILES string of the molecule is COCCOc1cc(NC(=O)N2CCCc3cc(CN4CCC(OC)C4=C=O)c(C=O)nc32)ncc1C#N. The Hall–Kier alpha value is -4.30. The van der Waals surface area contributed by atoms with Crippen molar-refractivity contribution in [3.05, 3.63) is 46.4 Å². The molecule has 0 bridgehead atoms. The summed E-state index contributed by atoms with van der Waals surface area (Å²) >= 11 is 0. The van der Waals surface area contributed by atoms with Crippen LogP contribution in [-0.4, -0.2) is 79.8 Å². The fourth-order valence-corrected chi connectivity index (χ4v) is 4.57. The zero-order chi connectivity index (χ0) is 27.1. The van der Waals surface area contributed by atoms with Crippen molar-refractivity contribution >= 4 is 29.9 Å². The maximum atomic E-state index is 13.2. The van der Waals surface area contributed by atoms with E-state index in [0.29, 0.717) is 68.9 Å². The Morgan fingerprint density at radius 3 is 2.84 bits per heavy atom. The summed E-state index contributed by atoms with van der Waals surface area (Å²) in [7, 11) is 3.09. The van der Waals surface area contributed by atoms with Gasteiger partial charge in [0.15, 0.2) is 6.29 Å². The Morgan fingerprint density at radius 2 is 2.13 bits per heavy atom. The lowest BCUT2D eigenvalue weighted by Crippen LogP contribution is -2.40. The molecule has 38 heavy (non-hydrogen) atoms. The average Bonchev–Trinajstić information content (AvgIpc) is 3.34. The van der Waals surface area contributed by atoms with Gasteiger partial charge in [0, 0.05) is 45.5 Å². The van der Waals surface area contributed by atoms with E-state index >= 15 is 0 Å². The molecular formula is C26H28N6O6. The van der Waals surface area contributed by atoms with Crippen LogP contribution in [0.2, 0.25) is 0 Å². The fourth-order valence-electron chi connectivity index (χ4n) is 4.57. The van der Waals surface area contributed by atoms with Crippen LogP contribution in [0, 0.1) is 11.3 Å². The van der Waals surface area contributed by atoms with E-state index in [2.05, 4.69) is 15.3 Å². The number of methoxy groups -OCH3 is 2. The first-order valence-electron chi connectivity index (χ1n) is 12.1. The van der Waals surface area contributed by atoms with Crippen LogP contribution in [0.15, 0.2) is 24.0 Å². The van der Waals surface area contributed by atoms with Gasteiger partial charge in [-0.15, -0.1) is 0 Å². The molecule has 4 rings (SSSR count). The van der Waals surface area contributed by atoms with E-state index in [1.165, 1.54) is 17.2 Å². The maximum absolute atomic E-state index is 13.2. The van der Waals surface area contributed by atoms with Crippen molar-refractivity contribution in [3.8, 4) is 11.8 Å². The Bertz CT molecular complexity index is 1300. The van der Waals surface area contributed by atoms with Gasteiger partial charge in [-0.3, -0.25) is 15.0 Å². The third kappa shape index (κ3) is 5.65. The summed E-state index contributed by atoms with van der Waals surface area (Å²) in [4.78, 5) is 48.7. The van der Waals surface area contributed by atoms with E-state index in [-0.39, 0.29) is 35.5 Å². The number of pyridine rings is 2. The third-order valence-corrected chi connectivity index (χ3v) is 6.45. The number of ether oxygens (including phenoxy) is 3. The second-order valence-corrected chi connectivity index (χ2v) is 8.76. The van der Waals surface area contributed by atoms with E-state index in [9.17, 15) is 19.6 Å². The highest BCUT2D eigenvalue weighted by Crippen LogP contribution is 2.31. The van der Waals surface area contributed by atoms with Crippen LogP contribution >= 0.6 is 0 Å².